The fraction of sp³-hybridized carbons (Fsp3) is 0.698. The summed E-state index contributed by atoms with van der Waals surface area (Å²) >= 11 is 0. The van der Waals surface area contributed by atoms with Crippen LogP contribution in [0.15, 0.2) is 78.4 Å². The molecular weight excluding hydrogens is 903 g/mol. The van der Waals surface area contributed by atoms with E-state index < -0.39 is 97.7 Å². The Kier molecular flexibility index (Phi) is 21.1. The fourth-order valence-electron chi connectivity index (χ4n) is 9.95. The average Bonchev–Trinajstić information content (AvgIpc) is 3.34. The summed E-state index contributed by atoms with van der Waals surface area (Å²) in [6.07, 6.45) is -5.14. The third kappa shape index (κ3) is 14.4. The number of esters is 2. The molecule has 6 rings (SSSR count). The lowest BCUT2D eigenvalue weighted by Crippen LogP contribution is -2.62. The first kappa shape index (κ1) is 55.3. The Morgan fingerprint density at radius 2 is 1.09 bits per heavy atom. The van der Waals surface area contributed by atoms with Gasteiger partial charge in [0.25, 0.3) is 0 Å². The topological polar surface area (TPSA) is 194 Å². The van der Waals surface area contributed by atoms with Crippen LogP contribution in [-0.2, 0) is 79.6 Å². The van der Waals surface area contributed by atoms with Gasteiger partial charge >= 0.3 is 11.9 Å². The van der Waals surface area contributed by atoms with Crippen molar-refractivity contribution in [3.63, 3.8) is 0 Å². The number of unbranched alkanes of at least 4 members (excludes halogenated alkanes) is 1. The maximum absolute atomic E-state index is 12.3. The third-order valence-corrected chi connectivity index (χ3v) is 14.5. The largest absolute Gasteiger partial charge is 0.463 e. The molecule has 4 aliphatic rings. The Balaban J connectivity index is 1.24. The molecule has 388 valence electrons. The highest BCUT2D eigenvalue weighted by atomic mass is 16.8. The van der Waals surface area contributed by atoms with E-state index in [9.17, 15) is 15.1 Å². The van der Waals surface area contributed by atoms with Crippen molar-refractivity contribution in [2.45, 2.75) is 181 Å². The minimum absolute atomic E-state index is 0.0380. The van der Waals surface area contributed by atoms with Crippen LogP contribution in [0, 0.1) is 35.5 Å². The normalized spacial score (nSPS) is 37.7. The van der Waals surface area contributed by atoms with Crippen LogP contribution in [0.4, 0.5) is 0 Å². The second kappa shape index (κ2) is 26.6. The van der Waals surface area contributed by atoms with Gasteiger partial charge in [0, 0.05) is 42.4 Å². The zero-order valence-electron chi connectivity index (χ0n) is 42.6. The summed E-state index contributed by atoms with van der Waals surface area (Å²) in [7, 11) is 0. The summed E-state index contributed by atoms with van der Waals surface area (Å²) in [5.41, 5.74) is 12.0. The second-order valence-corrected chi connectivity index (χ2v) is 19.6. The summed E-state index contributed by atoms with van der Waals surface area (Å²) in [5.74, 6) is -2.25. The molecule has 0 radical (unpaired) electrons. The summed E-state index contributed by atoms with van der Waals surface area (Å²) < 4.78 is 77.9. The lowest BCUT2D eigenvalue weighted by molar-refractivity contribution is -0.363. The Morgan fingerprint density at radius 1 is 0.586 bits per heavy atom. The molecule has 0 N–H and O–H groups in total. The van der Waals surface area contributed by atoms with Crippen molar-refractivity contribution in [3.05, 3.63) is 94.9 Å². The standard InChI is InChI=1S/C53H77N3O14/c1-12-13-20-25-59-50-31(3)30(2)46(42(66-50)28-60-38(10)57)68-52-35(7)48(63-27-41-23-18-15-19-24-41)49(37(9)65-52)70-53-44(55-56-54)33(5)47(43(67-53)29-61-39(11)58)69-51-34(6)45(32(4)36(8)64-51)62-26-40-21-16-14-17-22-40/h12,14-19,21-24,30-37,42-53H,1,13,20,25-29H2,2-11H3/t30-,31?,32-,33-,34?,35?,36?,37?,42?,43?,44?,45-,46+,47+,48+,49-,50-,51+,52+,53+/m1/s1. The monoisotopic (exact) mass is 980 g/mol. The van der Waals surface area contributed by atoms with Crippen molar-refractivity contribution in [3.8, 4) is 0 Å². The molecule has 0 bridgehead atoms. The highest BCUT2D eigenvalue weighted by Crippen LogP contribution is 2.42. The van der Waals surface area contributed by atoms with Crippen molar-refractivity contribution >= 4 is 11.9 Å². The molecule has 4 aliphatic heterocycles. The van der Waals surface area contributed by atoms with E-state index in [1.54, 1.807) is 0 Å². The van der Waals surface area contributed by atoms with Crippen LogP contribution < -0.4 is 0 Å². The molecule has 0 aliphatic carbocycles. The Bertz CT molecular complexity index is 1980. The zero-order valence-corrected chi connectivity index (χ0v) is 42.6. The number of carbonyl (C=O) groups excluding carboxylic acids is 2. The molecule has 17 nitrogen and oxygen atoms in total. The first-order valence-corrected chi connectivity index (χ1v) is 25.0. The summed E-state index contributed by atoms with van der Waals surface area (Å²) in [6.45, 7) is 23.5. The zero-order chi connectivity index (χ0) is 50.5. The number of allylic oxidation sites excluding steroid dienone is 1. The smallest absolute Gasteiger partial charge is 0.302 e. The lowest BCUT2D eigenvalue weighted by atomic mass is 9.84. The number of hydrogen-bond acceptors (Lipinski definition) is 15. The maximum atomic E-state index is 12.3. The molecule has 20 atom stereocenters. The van der Waals surface area contributed by atoms with Crippen molar-refractivity contribution < 1.29 is 66.4 Å². The summed E-state index contributed by atoms with van der Waals surface area (Å²) in [6, 6.07) is 18.9. The van der Waals surface area contributed by atoms with E-state index in [4.69, 9.17) is 56.8 Å². The minimum atomic E-state index is -1.15. The van der Waals surface area contributed by atoms with Crippen LogP contribution >= 0.6 is 0 Å². The van der Waals surface area contributed by atoms with E-state index in [-0.39, 0.29) is 55.7 Å². The number of carbonyl (C=O) groups is 2. The highest BCUT2D eigenvalue weighted by Gasteiger charge is 2.54. The predicted octanol–water partition coefficient (Wildman–Crippen LogP) is 8.86. The summed E-state index contributed by atoms with van der Waals surface area (Å²) in [5, 5.41) is 4.26. The Hall–Kier alpha value is -3.97. The van der Waals surface area contributed by atoms with Crippen LogP contribution in [-0.4, -0.2) is 118 Å². The van der Waals surface area contributed by atoms with Crippen LogP contribution in [0.2, 0.25) is 0 Å². The average molecular weight is 980 g/mol. The lowest BCUT2D eigenvalue weighted by Gasteiger charge is -2.51. The summed E-state index contributed by atoms with van der Waals surface area (Å²) in [4.78, 5) is 27.7. The molecule has 8 unspecified atom stereocenters. The van der Waals surface area contributed by atoms with Crippen LogP contribution in [0.1, 0.15) is 93.2 Å². The molecule has 17 heteroatoms. The van der Waals surface area contributed by atoms with Crippen LogP contribution in [0.5, 0.6) is 0 Å². The van der Waals surface area contributed by atoms with E-state index in [1.165, 1.54) is 13.8 Å². The van der Waals surface area contributed by atoms with E-state index in [0.29, 0.717) is 13.2 Å². The fourth-order valence-corrected chi connectivity index (χ4v) is 9.95. The first-order chi connectivity index (χ1) is 33.6. The minimum Gasteiger partial charge on any atom is -0.463 e. The molecule has 4 fully saturated rings. The number of hydrogen-bond donors (Lipinski definition) is 0. The van der Waals surface area contributed by atoms with Crippen LogP contribution in [0.25, 0.3) is 10.4 Å². The van der Waals surface area contributed by atoms with E-state index in [1.807, 2.05) is 101 Å². The SMILES string of the molecule is C=CCCCO[C@@H]1OC(COC(C)=O)[C@@H](O[C@@H]2OC(C)[C@@H](O[C@@H]3OC(COC(C)=O)[C@@H](O[C@@H]4OC(C)[C@@H](C)[C@@H](OCc5ccccc5)C4C)[C@H](C)C3N=[N+]=[N-])[C@@H](OCc3ccccc3)C2C)[C@H](C)C1C. The molecule has 0 amide bonds. The van der Waals surface area contributed by atoms with Gasteiger partial charge in [-0.25, -0.2) is 0 Å². The van der Waals surface area contributed by atoms with Gasteiger partial charge in [0.15, 0.2) is 25.2 Å². The van der Waals surface area contributed by atoms with Crippen molar-refractivity contribution in [1.29, 1.82) is 0 Å². The molecule has 2 aromatic carbocycles. The third-order valence-electron chi connectivity index (χ3n) is 14.5. The first-order valence-electron chi connectivity index (χ1n) is 25.0. The Morgan fingerprint density at radius 3 is 1.63 bits per heavy atom. The van der Waals surface area contributed by atoms with Crippen molar-refractivity contribution in [2.75, 3.05) is 19.8 Å². The Labute approximate surface area is 414 Å². The van der Waals surface area contributed by atoms with Gasteiger partial charge in [-0.1, -0.05) is 113 Å². The van der Waals surface area contributed by atoms with Gasteiger partial charge in [0.1, 0.15) is 31.5 Å². The van der Waals surface area contributed by atoms with Gasteiger partial charge < -0.3 is 56.8 Å². The predicted molar refractivity (Wildman–Crippen MR) is 257 cm³/mol. The maximum Gasteiger partial charge on any atom is 0.302 e. The number of nitrogens with zero attached hydrogens (tertiary/aromatic N) is 3. The molecule has 4 heterocycles. The van der Waals surface area contributed by atoms with Crippen LogP contribution in [0.3, 0.4) is 0 Å². The molecule has 0 spiro atoms. The number of rotatable bonds is 22. The van der Waals surface area contributed by atoms with E-state index in [2.05, 4.69) is 37.4 Å². The molecule has 70 heavy (non-hydrogen) atoms. The number of ether oxygens (including phenoxy) is 12. The second-order valence-electron chi connectivity index (χ2n) is 19.6. The number of azide groups is 1. The highest BCUT2D eigenvalue weighted by molar-refractivity contribution is 5.66. The van der Waals surface area contributed by atoms with E-state index in [0.717, 1.165) is 24.0 Å². The molecule has 0 saturated carbocycles. The van der Waals surface area contributed by atoms with Gasteiger partial charge in [0.2, 0.25) is 0 Å². The molecule has 2 aromatic rings. The van der Waals surface area contributed by atoms with Gasteiger partial charge in [-0.15, -0.1) is 6.58 Å². The number of benzene rings is 2. The van der Waals surface area contributed by atoms with Gasteiger partial charge in [-0.2, -0.15) is 0 Å². The quantitative estimate of drug-likeness (QED) is 0.0271. The molecule has 4 saturated heterocycles. The van der Waals surface area contributed by atoms with E-state index >= 15 is 0 Å². The van der Waals surface area contributed by atoms with Gasteiger partial charge in [0.05, 0.1) is 62.5 Å². The molecule has 0 aromatic heterocycles. The molecular formula is C53H77N3O14. The van der Waals surface area contributed by atoms with Crippen molar-refractivity contribution in [2.24, 2.45) is 40.6 Å². The van der Waals surface area contributed by atoms with Gasteiger partial charge in [-0.3, -0.25) is 9.59 Å². The van der Waals surface area contributed by atoms with Crippen molar-refractivity contribution in [1.82, 2.24) is 0 Å². The van der Waals surface area contributed by atoms with Gasteiger partial charge in [-0.05, 0) is 55.2 Å².